The molecule has 0 N–H and O–H groups in total. The molecule has 116 valence electrons. The predicted molar refractivity (Wildman–Crippen MR) is 101 cm³/mol. The first-order valence-electron chi connectivity index (χ1n) is 7.87. The van der Waals surface area contributed by atoms with E-state index in [0.717, 1.165) is 0 Å². The lowest BCUT2D eigenvalue weighted by Crippen LogP contribution is -1.81. The van der Waals surface area contributed by atoms with Gasteiger partial charge in [-0.15, -0.1) is 0 Å². The monoisotopic (exact) mass is 292 g/mol. The molecule has 0 nitrogen and oxygen atoms in total. The van der Waals surface area contributed by atoms with Crippen LogP contribution in [-0.4, -0.2) is 0 Å². The Bertz CT molecular complexity index is 598. The van der Waals surface area contributed by atoms with Crippen LogP contribution in [0.25, 0.3) is 12.2 Å². The Balaban J connectivity index is 0.000000220. The van der Waals surface area contributed by atoms with Crippen molar-refractivity contribution in [3.8, 4) is 0 Å². The third kappa shape index (κ3) is 5.73. The van der Waals surface area contributed by atoms with Gasteiger partial charge in [-0.25, -0.2) is 0 Å². The highest BCUT2D eigenvalue weighted by Crippen LogP contribution is 2.12. The van der Waals surface area contributed by atoms with E-state index in [4.69, 9.17) is 0 Å². The molecule has 0 aliphatic carbocycles. The highest BCUT2D eigenvalue weighted by molar-refractivity contribution is 5.54. The standard InChI is InChI=1S/2C11H14/c2*1-4-5-11-8-9(2)6-7-10(11)3/h2*4-8H,1-3H3. The van der Waals surface area contributed by atoms with Gasteiger partial charge in [-0.3, -0.25) is 0 Å². The number of rotatable bonds is 2. The first-order chi connectivity index (χ1) is 10.5. The molecule has 2 aromatic rings. The highest BCUT2D eigenvalue weighted by atomic mass is 14.0. The summed E-state index contributed by atoms with van der Waals surface area (Å²) in [4.78, 5) is 0. The summed E-state index contributed by atoms with van der Waals surface area (Å²) in [6, 6.07) is 13.0. The van der Waals surface area contributed by atoms with Gasteiger partial charge >= 0.3 is 0 Å². The average Bonchev–Trinajstić information content (AvgIpc) is 2.48. The van der Waals surface area contributed by atoms with Gasteiger partial charge in [-0.2, -0.15) is 0 Å². The van der Waals surface area contributed by atoms with E-state index < -0.39 is 0 Å². The lowest BCUT2D eigenvalue weighted by Gasteiger charge is -2.00. The molecule has 22 heavy (non-hydrogen) atoms. The lowest BCUT2D eigenvalue weighted by atomic mass is 10.1. The Morgan fingerprint density at radius 3 is 1.27 bits per heavy atom. The Kier molecular flexibility index (Phi) is 7.39. The van der Waals surface area contributed by atoms with Crippen molar-refractivity contribution in [2.75, 3.05) is 0 Å². The van der Waals surface area contributed by atoms with Gasteiger partial charge in [0.1, 0.15) is 0 Å². The molecule has 0 heterocycles. The largest absolute Gasteiger partial charge is 0.0871 e. The SMILES string of the molecule is CC=Cc1cc(C)ccc1C.CC=Cc1cc(C)ccc1C. The third-order valence-electron chi connectivity index (χ3n) is 3.56. The number of aryl methyl sites for hydroxylation is 4. The molecule has 0 saturated carbocycles. The van der Waals surface area contributed by atoms with Crippen LogP contribution in [0.15, 0.2) is 48.6 Å². The zero-order valence-corrected chi connectivity index (χ0v) is 14.8. The van der Waals surface area contributed by atoms with E-state index in [1.54, 1.807) is 0 Å². The first kappa shape index (κ1) is 18.0. The van der Waals surface area contributed by atoms with Crippen LogP contribution in [0.1, 0.15) is 47.2 Å². The summed E-state index contributed by atoms with van der Waals surface area (Å²) in [5.74, 6) is 0. The van der Waals surface area contributed by atoms with Crippen molar-refractivity contribution in [3.63, 3.8) is 0 Å². The van der Waals surface area contributed by atoms with Crippen LogP contribution in [0.5, 0.6) is 0 Å². The number of benzene rings is 2. The molecule has 0 aliphatic heterocycles. The van der Waals surface area contributed by atoms with E-state index in [9.17, 15) is 0 Å². The van der Waals surface area contributed by atoms with Crippen molar-refractivity contribution in [2.24, 2.45) is 0 Å². The van der Waals surface area contributed by atoms with Crippen molar-refractivity contribution < 1.29 is 0 Å². The molecule has 0 unspecified atom stereocenters. The number of hydrogen-bond donors (Lipinski definition) is 0. The van der Waals surface area contributed by atoms with Crippen molar-refractivity contribution in [2.45, 2.75) is 41.5 Å². The molecule has 0 heteroatoms. The smallest absolute Gasteiger partial charge is 0.0228 e. The van der Waals surface area contributed by atoms with Gasteiger partial charge in [0.2, 0.25) is 0 Å². The molecule has 0 saturated heterocycles. The zero-order chi connectivity index (χ0) is 16.5. The van der Waals surface area contributed by atoms with E-state index in [1.165, 1.54) is 33.4 Å². The van der Waals surface area contributed by atoms with Crippen LogP contribution < -0.4 is 0 Å². The van der Waals surface area contributed by atoms with Crippen LogP contribution in [0, 0.1) is 27.7 Å². The Morgan fingerprint density at radius 2 is 0.955 bits per heavy atom. The lowest BCUT2D eigenvalue weighted by molar-refractivity contribution is 1.37. The van der Waals surface area contributed by atoms with Crippen molar-refractivity contribution >= 4 is 12.2 Å². The van der Waals surface area contributed by atoms with Crippen molar-refractivity contribution in [1.82, 2.24) is 0 Å². The molecule has 0 fully saturated rings. The third-order valence-corrected chi connectivity index (χ3v) is 3.56. The van der Waals surface area contributed by atoms with Crippen LogP contribution >= 0.6 is 0 Å². The van der Waals surface area contributed by atoms with Gasteiger partial charge in [0.05, 0.1) is 0 Å². The Morgan fingerprint density at radius 1 is 0.591 bits per heavy atom. The van der Waals surface area contributed by atoms with E-state index in [2.05, 4.69) is 88.4 Å². The van der Waals surface area contributed by atoms with E-state index in [0.29, 0.717) is 0 Å². The maximum Gasteiger partial charge on any atom is -0.0228 e. The quantitative estimate of drug-likeness (QED) is 0.579. The molecular weight excluding hydrogens is 264 g/mol. The van der Waals surface area contributed by atoms with Crippen LogP contribution in [0.2, 0.25) is 0 Å². The molecule has 0 spiro atoms. The second-order valence-corrected chi connectivity index (χ2v) is 5.72. The Labute approximate surface area is 136 Å². The molecule has 0 bridgehead atoms. The minimum Gasteiger partial charge on any atom is -0.0871 e. The molecule has 0 atom stereocenters. The molecule has 0 aromatic heterocycles. The Hall–Kier alpha value is -2.08. The van der Waals surface area contributed by atoms with Gasteiger partial charge in [0.25, 0.3) is 0 Å². The summed E-state index contributed by atoms with van der Waals surface area (Å²) in [5, 5.41) is 0. The summed E-state index contributed by atoms with van der Waals surface area (Å²) in [5.41, 5.74) is 7.98. The minimum absolute atomic E-state index is 1.32. The van der Waals surface area contributed by atoms with Gasteiger partial charge < -0.3 is 0 Å². The number of hydrogen-bond acceptors (Lipinski definition) is 0. The van der Waals surface area contributed by atoms with E-state index in [1.807, 2.05) is 13.8 Å². The molecule has 0 radical (unpaired) electrons. The number of allylic oxidation sites excluding steroid dienone is 2. The fourth-order valence-electron chi connectivity index (χ4n) is 2.24. The van der Waals surface area contributed by atoms with Gasteiger partial charge in [0.15, 0.2) is 0 Å². The van der Waals surface area contributed by atoms with Crippen molar-refractivity contribution in [1.29, 1.82) is 0 Å². The van der Waals surface area contributed by atoms with Crippen LogP contribution in [0.4, 0.5) is 0 Å². The predicted octanol–water partition coefficient (Wildman–Crippen LogP) is 6.67. The zero-order valence-electron chi connectivity index (χ0n) is 14.8. The maximum absolute atomic E-state index is 2.20. The van der Waals surface area contributed by atoms with E-state index in [-0.39, 0.29) is 0 Å². The maximum atomic E-state index is 2.20. The van der Waals surface area contributed by atoms with Gasteiger partial charge in [-0.1, -0.05) is 71.8 Å². The molecule has 0 amide bonds. The normalized spacial score (nSPS) is 10.8. The summed E-state index contributed by atoms with van der Waals surface area (Å²) >= 11 is 0. The van der Waals surface area contributed by atoms with E-state index >= 15 is 0 Å². The molecule has 2 rings (SSSR count). The average molecular weight is 292 g/mol. The van der Waals surface area contributed by atoms with Gasteiger partial charge in [0, 0.05) is 0 Å². The summed E-state index contributed by atoms with van der Waals surface area (Å²) < 4.78 is 0. The summed E-state index contributed by atoms with van der Waals surface area (Å²) in [7, 11) is 0. The molecule has 0 aliphatic rings. The fraction of sp³-hybridized carbons (Fsp3) is 0.273. The van der Waals surface area contributed by atoms with Crippen LogP contribution in [0.3, 0.4) is 0 Å². The molecular formula is C22H28. The van der Waals surface area contributed by atoms with Crippen molar-refractivity contribution in [3.05, 3.63) is 81.9 Å². The summed E-state index contributed by atoms with van der Waals surface area (Å²) in [6.07, 6.45) is 8.42. The topological polar surface area (TPSA) is 0 Å². The second kappa shape index (κ2) is 9.04. The first-order valence-corrected chi connectivity index (χ1v) is 7.87. The second-order valence-electron chi connectivity index (χ2n) is 5.72. The van der Waals surface area contributed by atoms with Crippen LogP contribution in [-0.2, 0) is 0 Å². The molecule has 2 aromatic carbocycles. The summed E-state index contributed by atoms with van der Waals surface area (Å²) in [6.45, 7) is 12.6. The van der Waals surface area contributed by atoms with Gasteiger partial charge in [-0.05, 0) is 63.8 Å². The fourth-order valence-corrected chi connectivity index (χ4v) is 2.24. The minimum atomic E-state index is 1.32. The highest BCUT2D eigenvalue weighted by Gasteiger charge is 1.93.